The van der Waals surface area contributed by atoms with Gasteiger partial charge in [0.15, 0.2) is 0 Å². The molecule has 6 heteroatoms. The third-order valence-electron chi connectivity index (χ3n) is 4.17. The van der Waals surface area contributed by atoms with Crippen molar-refractivity contribution in [2.24, 2.45) is 0 Å². The maximum atomic E-state index is 12.6. The summed E-state index contributed by atoms with van der Waals surface area (Å²) in [5.41, 5.74) is 1.67. The van der Waals surface area contributed by atoms with Crippen LogP contribution in [0, 0.1) is 0 Å². The number of nitrogens with zero attached hydrogens (tertiary/aromatic N) is 2. The maximum absolute atomic E-state index is 12.6. The van der Waals surface area contributed by atoms with Gasteiger partial charge in [0.1, 0.15) is 0 Å². The summed E-state index contributed by atoms with van der Waals surface area (Å²) in [6.07, 6.45) is 0. The molecule has 0 unspecified atom stereocenters. The predicted molar refractivity (Wildman–Crippen MR) is 102 cm³/mol. The number of amides is 1. The molecule has 0 spiro atoms. The van der Waals surface area contributed by atoms with E-state index in [1.165, 1.54) is 0 Å². The largest absolute Gasteiger partial charge is 0.336 e. The van der Waals surface area contributed by atoms with Crippen LogP contribution < -0.4 is 0 Å². The Labute approximate surface area is 160 Å². The van der Waals surface area contributed by atoms with E-state index in [-0.39, 0.29) is 5.91 Å². The zero-order chi connectivity index (χ0) is 17.1. The molecule has 0 atom stereocenters. The molecule has 1 saturated heterocycles. The molecular formula is C18H17BrCl2N2O. The molecule has 1 aliphatic rings. The fourth-order valence-electron chi connectivity index (χ4n) is 2.82. The van der Waals surface area contributed by atoms with Crippen LogP contribution in [0.3, 0.4) is 0 Å². The van der Waals surface area contributed by atoms with Gasteiger partial charge in [-0.1, -0.05) is 51.3 Å². The van der Waals surface area contributed by atoms with Gasteiger partial charge in [-0.25, -0.2) is 0 Å². The minimum Gasteiger partial charge on any atom is -0.336 e. The van der Waals surface area contributed by atoms with Gasteiger partial charge in [-0.15, -0.1) is 0 Å². The lowest BCUT2D eigenvalue weighted by Gasteiger charge is -2.35. The molecule has 3 rings (SSSR count). The summed E-state index contributed by atoms with van der Waals surface area (Å²) in [7, 11) is 0. The number of benzene rings is 2. The minimum atomic E-state index is 0.0757. The highest BCUT2D eigenvalue weighted by atomic mass is 79.9. The molecule has 0 bridgehead atoms. The molecule has 126 valence electrons. The van der Waals surface area contributed by atoms with E-state index in [0.29, 0.717) is 35.2 Å². The van der Waals surface area contributed by atoms with E-state index < -0.39 is 0 Å². The van der Waals surface area contributed by atoms with E-state index in [9.17, 15) is 4.79 Å². The van der Waals surface area contributed by atoms with Crippen LogP contribution in [0.4, 0.5) is 0 Å². The highest BCUT2D eigenvalue weighted by Gasteiger charge is 2.23. The summed E-state index contributed by atoms with van der Waals surface area (Å²) in [4.78, 5) is 16.7. The van der Waals surface area contributed by atoms with Gasteiger partial charge in [0.2, 0.25) is 0 Å². The lowest BCUT2D eigenvalue weighted by atomic mass is 10.1. The Morgan fingerprint density at radius 3 is 2.25 bits per heavy atom. The molecular weight excluding hydrogens is 411 g/mol. The summed E-state index contributed by atoms with van der Waals surface area (Å²) < 4.78 is 0.917. The molecule has 1 fully saturated rings. The first-order chi connectivity index (χ1) is 11.5. The second-order valence-electron chi connectivity index (χ2n) is 5.78. The highest BCUT2D eigenvalue weighted by molar-refractivity contribution is 9.10. The number of hydrogen-bond acceptors (Lipinski definition) is 2. The Balaban J connectivity index is 1.61. The van der Waals surface area contributed by atoms with Gasteiger partial charge < -0.3 is 4.90 Å². The lowest BCUT2D eigenvalue weighted by molar-refractivity contribution is 0.0628. The molecule has 0 aromatic heterocycles. The second kappa shape index (κ2) is 7.87. The van der Waals surface area contributed by atoms with E-state index in [1.807, 2.05) is 47.4 Å². The fraction of sp³-hybridized carbons (Fsp3) is 0.278. The number of carbonyl (C=O) groups is 1. The van der Waals surface area contributed by atoms with Gasteiger partial charge in [-0.2, -0.15) is 0 Å². The standard InChI is InChI=1S/C18H17BrCl2N2O/c19-14-4-1-3-13(11-14)18(24)23-9-7-22(8-10-23)12-15-16(20)5-2-6-17(15)21/h1-6,11H,7-10,12H2. The van der Waals surface area contributed by atoms with Gasteiger partial charge >= 0.3 is 0 Å². The molecule has 1 amide bonds. The van der Waals surface area contributed by atoms with Crippen molar-refractivity contribution in [3.8, 4) is 0 Å². The van der Waals surface area contributed by atoms with Crippen molar-refractivity contribution in [3.63, 3.8) is 0 Å². The third kappa shape index (κ3) is 4.12. The summed E-state index contributed by atoms with van der Waals surface area (Å²) in [6, 6.07) is 13.1. The van der Waals surface area contributed by atoms with Crippen LogP contribution in [-0.2, 0) is 6.54 Å². The molecule has 1 aliphatic heterocycles. The monoisotopic (exact) mass is 426 g/mol. The molecule has 3 nitrogen and oxygen atoms in total. The van der Waals surface area contributed by atoms with Crippen molar-refractivity contribution in [1.82, 2.24) is 9.80 Å². The fourth-order valence-corrected chi connectivity index (χ4v) is 3.74. The van der Waals surface area contributed by atoms with Crippen LogP contribution in [0.5, 0.6) is 0 Å². The summed E-state index contributed by atoms with van der Waals surface area (Å²) >= 11 is 15.9. The van der Waals surface area contributed by atoms with Crippen LogP contribution in [0.15, 0.2) is 46.9 Å². The Bertz CT molecular complexity index is 725. The Hall–Kier alpha value is -1.07. The van der Waals surface area contributed by atoms with Crippen molar-refractivity contribution < 1.29 is 4.79 Å². The first-order valence-corrected chi connectivity index (χ1v) is 9.29. The molecule has 0 N–H and O–H groups in total. The molecule has 0 saturated carbocycles. The average Bonchev–Trinajstić information content (AvgIpc) is 2.58. The van der Waals surface area contributed by atoms with Gasteiger partial charge in [0, 0.05) is 58.4 Å². The topological polar surface area (TPSA) is 23.6 Å². The first-order valence-electron chi connectivity index (χ1n) is 7.74. The smallest absolute Gasteiger partial charge is 0.253 e. The molecule has 2 aromatic carbocycles. The van der Waals surface area contributed by atoms with Crippen LogP contribution >= 0.6 is 39.1 Å². The quantitative estimate of drug-likeness (QED) is 0.707. The summed E-state index contributed by atoms with van der Waals surface area (Å²) in [6.45, 7) is 3.72. The van der Waals surface area contributed by atoms with E-state index in [1.54, 1.807) is 0 Å². The Morgan fingerprint density at radius 1 is 1.00 bits per heavy atom. The molecule has 1 heterocycles. The molecule has 24 heavy (non-hydrogen) atoms. The third-order valence-corrected chi connectivity index (χ3v) is 5.38. The Kier molecular flexibility index (Phi) is 5.82. The number of rotatable bonds is 3. The van der Waals surface area contributed by atoms with Crippen LogP contribution in [-0.4, -0.2) is 41.9 Å². The van der Waals surface area contributed by atoms with Crippen LogP contribution in [0.2, 0.25) is 10.0 Å². The van der Waals surface area contributed by atoms with Crippen molar-refractivity contribution in [2.75, 3.05) is 26.2 Å². The molecule has 0 radical (unpaired) electrons. The van der Waals surface area contributed by atoms with Crippen LogP contribution in [0.1, 0.15) is 15.9 Å². The zero-order valence-electron chi connectivity index (χ0n) is 13.0. The summed E-state index contributed by atoms with van der Waals surface area (Å²) in [5.74, 6) is 0.0757. The number of hydrogen-bond donors (Lipinski definition) is 0. The minimum absolute atomic E-state index is 0.0757. The average molecular weight is 428 g/mol. The molecule has 2 aromatic rings. The highest BCUT2D eigenvalue weighted by Crippen LogP contribution is 2.26. The van der Waals surface area contributed by atoms with Crippen molar-refractivity contribution in [3.05, 3.63) is 68.1 Å². The number of halogens is 3. The van der Waals surface area contributed by atoms with E-state index in [2.05, 4.69) is 20.8 Å². The first kappa shape index (κ1) is 17.7. The van der Waals surface area contributed by atoms with Crippen LogP contribution in [0.25, 0.3) is 0 Å². The number of carbonyl (C=O) groups excluding carboxylic acids is 1. The second-order valence-corrected chi connectivity index (χ2v) is 7.51. The molecule has 0 aliphatic carbocycles. The zero-order valence-corrected chi connectivity index (χ0v) is 16.1. The van der Waals surface area contributed by atoms with E-state index in [0.717, 1.165) is 23.1 Å². The van der Waals surface area contributed by atoms with Crippen molar-refractivity contribution in [1.29, 1.82) is 0 Å². The number of piperazine rings is 1. The Morgan fingerprint density at radius 2 is 1.62 bits per heavy atom. The van der Waals surface area contributed by atoms with E-state index >= 15 is 0 Å². The van der Waals surface area contributed by atoms with Gasteiger partial charge in [-0.05, 0) is 30.3 Å². The van der Waals surface area contributed by atoms with Gasteiger partial charge in [-0.3, -0.25) is 9.69 Å². The van der Waals surface area contributed by atoms with E-state index in [4.69, 9.17) is 23.2 Å². The van der Waals surface area contributed by atoms with Gasteiger partial charge in [0.05, 0.1) is 0 Å². The lowest BCUT2D eigenvalue weighted by Crippen LogP contribution is -2.48. The summed E-state index contributed by atoms with van der Waals surface area (Å²) in [5, 5.41) is 1.38. The van der Waals surface area contributed by atoms with Crippen molar-refractivity contribution >= 4 is 45.0 Å². The van der Waals surface area contributed by atoms with Gasteiger partial charge in [0.25, 0.3) is 5.91 Å². The SMILES string of the molecule is O=C(c1cccc(Br)c1)N1CCN(Cc2c(Cl)cccc2Cl)CC1. The van der Waals surface area contributed by atoms with Crippen molar-refractivity contribution in [2.45, 2.75) is 6.54 Å². The maximum Gasteiger partial charge on any atom is 0.253 e. The predicted octanol–water partition coefficient (Wildman–Crippen LogP) is 4.71. The normalized spacial score (nSPS) is 15.5.